The summed E-state index contributed by atoms with van der Waals surface area (Å²) in [7, 11) is 1.58. The van der Waals surface area contributed by atoms with Gasteiger partial charge in [-0.2, -0.15) is 4.98 Å². The molecule has 0 fully saturated rings. The monoisotopic (exact) mass is 484 g/mol. The molecule has 8 nitrogen and oxygen atoms in total. The summed E-state index contributed by atoms with van der Waals surface area (Å²) in [4.78, 5) is 27.2. The number of methoxy groups -OCH3 is 1. The first-order valence-electron chi connectivity index (χ1n) is 11.2. The number of carbonyl (C=O) groups excluding carboxylic acids is 1. The van der Waals surface area contributed by atoms with Crippen molar-refractivity contribution in [2.24, 2.45) is 10.9 Å². The molecule has 176 valence electrons. The van der Waals surface area contributed by atoms with Crippen LogP contribution in [0.3, 0.4) is 0 Å². The third-order valence-electron chi connectivity index (χ3n) is 5.78. The molecule has 35 heavy (non-hydrogen) atoms. The highest BCUT2D eigenvalue weighted by Gasteiger charge is 2.39. The molecular weight excluding hydrogens is 460 g/mol. The zero-order valence-corrected chi connectivity index (χ0v) is 20.1. The molecule has 2 aromatic carbocycles. The summed E-state index contributed by atoms with van der Waals surface area (Å²) in [6.07, 6.45) is 3.47. The second kappa shape index (κ2) is 10.1. The average molecular weight is 485 g/mol. The number of anilines is 1. The molecular formula is C26H24N6O2S. The van der Waals surface area contributed by atoms with E-state index in [9.17, 15) is 4.79 Å². The quantitative estimate of drug-likeness (QED) is 0.374. The van der Waals surface area contributed by atoms with Gasteiger partial charge in [0.25, 0.3) is 0 Å². The number of aromatic nitrogens is 4. The Balaban J connectivity index is 1.48. The average Bonchev–Trinajstić information content (AvgIpc) is 3.30. The number of benzene rings is 2. The van der Waals surface area contributed by atoms with Gasteiger partial charge in [-0.05, 0) is 36.2 Å². The number of aliphatic imine (C=N–C) groups is 1. The molecule has 0 spiro atoms. The van der Waals surface area contributed by atoms with E-state index in [-0.39, 0.29) is 5.91 Å². The van der Waals surface area contributed by atoms with Gasteiger partial charge in [-0.15, -0.1) is 5.10 Å². The van der Waals surface area contributed by atoms with Crippen LogP contribution in [0.2, 0.25) is 0 Å². The van der Waals surface area contributed by atoms with Crippen molar-refractivity contribution in [3.63, 3.8) is 0 Å². The van der Waals surface area contributed by atoms with E-state index in [0.29, 0.717) is 28.3 Å². The molecule has 0 radical (unpaired) electrons. The summed E-state index contributed by atoms with van der Waals surface area (Å²) >= 11 is 1.54. The molecule has 5 rings (SSSR count). The minimum Gasteiger partial charge on any atom is -0.495 e. The number of nitrogens with one attached hydrogen (secondary N) is 1. The molecule has 4 aromatic rings. The van der Waals surface area contributed by atoms with Crippen LogP contribution >= 0.6 is 11.8 Å². The SMILES string of the molecule is COc1ccccc1NC(=O)C1C(C)=Nc2nc(SCc3ccccc3)nn2C1c1cccnc1. The third kappa shape index (κ3) is 4.81. The Labute approximate surface area is 207 Å². The van der Waals surface area contributed by atoms with Crippen LogP contribution in [0.4, 0.5) is 11.6 Å². The van der Waals surface area contributed by atoms with Gasteiger partial charge in [0.1, 0.15) is 11.7 Å². The summed E-state index contributed by atoms with van der Waals surface area (Å²) in [5.41, 5.74) is 3.29. The van der Waals surface area contributed by atoms with Gasteiger partial charge in [0.05, 0.1) is 18.8 Å². The number of thioether (sulfide) groups is 1. The summed E-state index contributed by atoms with van der Waals surface area (Å²) in [5, 5.41) is 8.39. The molecule has 1 aliphatic heterocycles. The van der Waals surface area contributed by atoms with Crippen molar-refractivity contribution in [3.05, 3.63) is 90.3 Å². The lowest BCUT2D eigenvalue weighted by atomic mass is 9.88. The van der Waals surface area contributed by atoms with Crippen LogP contribution in [0, 0.1) is 5.92 Å². The van der Waals surface area contributed by atoms with E-state index in [1.165, 1.54) is 17.3 Å². The summed E-state index contributed by atoms with van der Waals surface area (Å²) < 4.78 is 7.15. The molecule has 2 aromatic heterocycles. The van der Waals surface area contributed by atoms with Crippen LogP contribution in [0.15, 0.2) is 89.3 Å². The first kappa shape index (κ1) is 22.8. The van der Waals surface area contributed by atoms with Gasteiger partial charge in [0, 0.05) is 23.9 Å². The maximum Gasteiger partial charge on any atom is 0.249 e. The number of amides is 1. The Hall–Kier alpha value is -3.98. The van der Waals surface area contributed by atoms with E-state index in [2.05, 4.69) is 32.4 Å². The molecule has 2 unspecified atom stereocenters. The Morgan fingerprint density at radius 3 is 2.66 bits per heavy atom. The summed E-state index contributed by atoms with van der Waals surface area (Å²) in [5.74, 6) is 0.996. The van der Waals surface area contributed by atoms with Crippen LogP contribution in [-0.2, 0) is 10.5 Å². The lowest BCUT2D eigenvalue weighted by Gasteiger charge is -2.30. The van der Waals surface area contributed by atoms with Crippen LogP contribution in [0.25, 0.3) is 0 Å². The molecule has 3 heterocycles. The molecule has 1 N–H and O–H groups in total. The Bertz CT molecular complexity index is 1360. The minimum atomic E-state index is -0.606. The highest BCUT2D eigenvalue weighted by molar-refractivity contribution is 7.98. The van der Waals surface area contributed by atoms with Crippen molar-refractivity contribution < 1.29 is 9.53 Å². The van der Waals surface area contributed by atoms with Crippen molar-refractivity contribution in [3.8, 4) is 5.75 Å². The topological polar surface area (TPSA) is 94.3 Å². The third-order valence-corrected chi connectivity index (χ3v) is 6.69. The van der Waals surface area contributed by atoms with Crippen LogP contribution in [0.1, 0.15) is 24.1 Å². The zero-order valence-electron chi connectivity index (χ0n) is 19.3. The standard InChI is InChI=1S/C26H24N6O2S/c1-17-22(24(33)29-20-12-6-7-13-21(20)34-2)23(19-11-8-14-27-15-19)32-25(28-17)30-26(31-32)35-16-18-9-4-3-5-10-18/h3-15,22-23H,16H2,1-2H3,(H,29,33). The van der Waals surface area contributed by atoms with Crippen molar-refractivity contribution in [1.82, 2.24) is 19.7 Å². The minimum absolute atomic E-state index is 0.204. The normalized spacial score (nSPS) is 16.8. The number of fused-ring (bicyclic) bond motifs is 1. The fourth-order valence-electron chi connectivity index (χ4n) is 4.12. The van der Waals surface area contributed by atoms with Crippen molar-refractivity contribution in [2.75, 3.05) is 12.4 Å². The largest absolute Gasteiger partial charge is 0.495 e. The van der Waals surface area contributed by atoms with Gasteiger partial charge in [0.15, 0.2) is 0 Å². The van der Waals surface area contributed by atoms with E-state index < -0.39 is 12.0 Å². The highest BCUT2D eigenvalue weighted by Crippen LogP contribution is 2.37. The van der Waals surface area contributed by atoms with E-state index in [0.717, 1.165) is 11.3 Å². The smallest absolute Gasteiger partial charge is 0.249 e. The number of ether oxygens (including phenoxy) is 1. The maximum absolute atomic E-state index is 13.6. The van der Waals surface area contributed by atoms with Crippen LogP contribution in [0.5, 0.6) is 5.75 Å². The van der Waals surface area contributed by atoms with Crippen LogP contribution in [-0.4, -0.2) is 38.5 Å². The van der Waals surface area contributed by atoms with Gasteiger partial charge in [-0.3, -0.25) is 9.78 Å². The fourth-order valence-corrected chi connectivity index (χ4v) is 4.90. The second-order valence-electron chi connectivity index (χ2n) is 8.06. The molecule has 1 amide bonds. The number of pyridine rings is 1. The van der Waals surface area contributed by atoms with Crippen LogP contribution < -0.4 is 10.1 Å². The van der Waals surface area contributed by atoms with E-state index >= 15 is 0 Å². The number of hydrogen-bond acceptors (Lipinski definition) is 7. The Kier molecular flexibility index (Phi) is 6.58. The van der Waals surface area contributed by atoms with Gasteiger partial charge >= 0.3 is 0 Å². The molecule has 0 bridgehead atoms. The van der Waals surface area contributed by atoms with Crippen molar-refractivity contribution >= 4 is 35.0 Å². The molecule has 0 saturated carbocycles. The molecule has 0 aliphatic carbocycles. The van der Waals surface area contributed by atoms with E-state index in [4.69, 9.17) is 9.84 Å². The maximum atomic E-state index is 13.6. The molecule has 9 heteroatoms. The Morgan fingerprint density at radius 1 is 1.09 bits per heavy atom. The Morgan fingerprint density at radius 2 is 1.89 bits per heavy atom. The second-order valence-corrected chi connectivity index (χ2v) is 9.01. The lowest BCUT2D eigenvalue weighted by molar-refractivity contribution is -0.118. The number of carbonyl (C=O) groups is 1. The molecule has 2 atom stereocenters. The number of hydrogen-bond donors (Lipinski definition) is 1. The van der Waals surface area contributed by atoms with Gasteiger partial charge in [-0.1, -0.05) is 60.3 Å². The fraction of sp³-hybridized carbons (Fsp3) is 0.192. The number of para-hydroxylation sites is 2. The first-order chi connectivity index (χ1) is 17.1. The number of nitrogens with zero attached hydrogens (tertiary/aromatic N) is 5. The summed E-state index contributed by atoms with van der Waals surface area (Å²) in [6.45, 7) is 1.85. The highest BCUT2D eigenvalue weighted by atomic mass is 32.2. The van der Waals surface area contributed by atoms with Crippen molar-refractivity contribution in [2.45, 2.75) is 23.9 Å². The predicted molar refractivity (Wildman–Crippen MR) is 136 cm³/mol. The lowest BCUT2D eigenvalue weighted by Crippen LogP contribution is -2.39. The van der Waals surface area contributed by atoms with Gasteiger partial charge < -0.3 is 10.1 Å². The summed E-state index contributed by atoms with van der Waals surface area (Å²) in [6, 6.07) is 20.8. The van der Waals surface area contributed by atoms with E-state index in [1.807, 2.05) is 61.5 Å². The van der Waals surface area contributed by atoms with E-state index in [1.54, 1.807) is 24.2 Å². The zero-order chi connectivity index (χ0) is 24.2. The van der Waals surface area contributed by atoms with Gasteiger partial charge in [0.2, 0.25) is 17.0 Å². The van der Waals surface area contributed by atoms with Crippen molar-refractivity contribution in [1.29, 1.82) is 0 Å². The molecule has 0 saturated heterocycles. The molecule has 1 aliphatic rings. The number of rotatable bonds is 7. The van der Waals surface area contributed by atoms with Gasteiger partial charge in [-0.25, -0.2) is 9.67 Å². The predicted octanol–water partition coefficient (Wildman–Crippen LogP) is 4.92. The first-order valence-corrected chi connectivity index (χ1v) is 12.1.